The molecule has 0 saturated heterocycles. The van der Waals surface area contributed by atoms with E-state index in [1.54, 1.807) is 30.3 Å². The monoisotopic (exact) mass is 347 g/mol. The van der Waals surface area contributed by atoms with Crippen molar-refractivity contribution in [2.24, 2.45) is 10.8 Å². The highest BCUT2D eigenvalue weighted by Gasteiger charge is 2.30. The number of benzene rings is 2. The Morgan fingerprint density at radius 1 is 1.16 bits per heavy atom. The molecule has 2 rings (SSSR count). The van der Waals surface area contributed by atoms with Crippen LogP contribution in [0.25, 0.3) is 11.1 Å². The smallest absolute Gasteiger partial charge is 0.406 e. The summed E-state index contributed by atoms with van der Waals surface area (Å²) in [6, 6.07) is 13.8. The molecule has 128 valence electrons. The lowest BCUT2D eigenvalue weighted by molar-refractivity contribution is -0.274. The summed E-state index contributed by atoms with van der Waals surface area (Å²) in [6.07, 6.45) is -4.75. The number of nitriles is 1. The van der Waals surface area contributed by atoms with Gasteiger partial charge in [-0.1, -0.05) is 30.3 Å². The summed E-state index contributed by atoms with van der Waals surface area (Å²) in [4.78, 5) is 0. The van der Waals surface area contributed by atoms with Crippen LogP contribution < -0.4 is 15.9 Å². The van der Waals surface area contributed by atoms with Crippen molar-refractivity contribution in [3.05, 3.63) is 48.5 Å². The third-order valence-electron chi connectivity index (χ3n) is 2.98. The zero-order chi connectivity index (χ0) is 18.4. The second-order valence-electron chi connectivity index (χ2n) is 4.72. The number of amidine groups is 1. The van der Waals surface area contributed by atoms with Gasteiger partial charge >= 0.3 is 6.36 Å². The number of rotatable bonds is 5. The van der Waals surface area contributed by atoms with E-state index in [1.165, 1.54) is 24.3 Å². The van der Waals surface area contributed by atoms with Crippen molar-refractivity contribution in [1.82, 2.24) is 0 Å². The number of alkyl halides is 3. The third-order valence-corrected chi connectivity index (χ3v) is 2.98. The van der Waals surface area contributed by atoms with Crippen LogP contribution in [0.4, 0.5) is 18.9 Å². The standard InChI is InChI=1S/C16H12F3N5O/c17-16(18,19)25-11-7-5-10(6-8-11)12-3-1-2-4-13(12)23-24-14(9-20)15(21)22/h1-8,23H,(H3,21,22)/b24-14+. The fourth-order valence-corrected chi connectivity index (χ4v) is 1.93. The number of nitrogens with two attached hydrogens (primary N) is 1. The van der Waals surface area contributed by atoms with Gasteiger partial charge < -0.3 is 10.5 Å². The Morgan fingerprint density at radius 3 is 2.36 bits per heavy atom. The Morgan fingerprint density at radius 2 is 1.80 bits per heavy atom. The average molecular weight is 347 g/mol. The molecule has 2 aromatic rings. The van der Waals surface area contributed by atoms with E-state index in [0.717, 1.165) is 0 Å². The van der Waals surface area contributed by atoms with Crippen molar-refractivity contribution in [1.29, 1.82) is 10.7 Å². The normalized spacial score (nSPS) is 11.5. The molecule has 0 amide bonds. The van der Waals surface area contributed by atoms with Crippen molar-refractivity contribution in [3.8, 4) is 22.9 Å². The van der Waals surface area contributed by atoms with E-state index >= 15 is 0 Å². The van der Waals surface area contributed by atoms with Crippen LogP contribution in [0, 0.1) is 16.7 Å². The molecule has 0 aliphatic heterocycles. The Kier molecular flexibility index (Phi) is 5.24. The number of ether oxygens (including phenoxy) is 1. The summed E-state index contributed by atoms with van der Waals surface area (Å²) < 4.78 is 40.4. The second-order valence-corrected chi connectivity index (χ2v) is 4.72. The molecule has 0 heterocycles. The number of hydrogen-bond acceptors (Lipinski definition) is 5. The topological polar surface area (TPSA) is 107 Å². The lowest BCUT2D eigenvalue weighted by atomic mass is 10.0. The van der Waals surface area contributed by atoms with Gasteiger partial charge in [-0.3, -0.25) is 10.8 Å². The van der Waals surface area contributed by atoms with Crippen LogP contribution in [-0.4, -0.2) is 17.9 Å². The van der Waals surface area contributed by atoms with E-state index in [4.69, 9.17) is 16.4 Å². The molecular weight excluding hydrogens is 335 g/mol. The highest BCUT2D eigenvalue weighted by molar-refractivity contribution is 6.45. The van der Waals surface area contributed by atoms with Gasteiger partial charge in [-0.2, -0.15) is 10.4 Å². The Hall–Kier alpha value is -3.54. The molecule has 0 aromatic heterocycles. The predicted molar refractivity (Wildman–Crippen MR) is 87.1 cm³/mol. The predicted octanol–water partition coefficient (Wildman–Crippen LogP) is 3.48. The second kappa shape index (κ2) is 7.35. The lowest BCUT2D eigenvalue weighted by Crippen LogP contribution is -2.21. The lowest BCUT2D eigenvalue weighted by Gasteiger charge is -2.11. The summed E-state index contributed by atoms with van der Waals surface area (Å²) in [6.45, 7) is 0. The molecule has 2 aromatic carbocycles. The first-order valence-electron chi connectivity index (χ1n) is 6.83. The molecule has 4 N–H and O–H groups in total. The summed E-state index contributed by atoms with van der Waals surface area (Å²) in [5.41, 5.74) is 9.28. The van der Waals surface area contributed by atoms with Crippen molar-refractivity contribution in [3.63, 3.8) is 0 Å². The van der Waals surface area contributed by atoms with Gasteiger partial charge in [-0.05, 0) is 23.8 Å². The zero-order valence-electron chi connectivity index (χ0n) is 12.6. The fourth-order valence-electron chi connectivity index (χ4n) is 1.93. The van der Waals surface area contributed by atoms with Gasteiger partial charge in [-0.15, -0.1) is 13.2 Å². The van der Waals surface area contributed by atoms with Crippen molar-refractivity contribution in [2.75, 3.05) is 5.43 Å². The van der Waals surface area contributed by atoms with Crippen LogP contribution in [0.1, 0.15) is 0 Å². The molecule has 0 spiro atoms. The summed E-state index contributed by atoms with van der Waals surface area (Å²) >= 11 is 0. The molecule has 25 heavy (non-hydrogen) atoms. The number of para-hydroxylation sites is 1. The number of hydrogen-bond donors (Lipinski definition) is 3. The van der Waals surface area contributed by atoms with Gasteiger partial charge in [0.25, 0.3) is 0 Å². The Balaban J connectivity index is 2.29. The van der Waals surface area contributed by atoms with E-state index in [-0.39, 0.29) is 11.5 Å². The van der Waals surface area contributed by atoms with E-state index in [1.807, 2.05) is 0 Å². The van der Waals surface area contributed by atoms with Crippen LogP contribution in [0.3, 0.4) is 0 Å². The van der Waals surface area contributed by atoms with Crippen LogP contribution in [-0.2, 0) is 0 Å². The Labute approximate surface area is 140 Å². The van der Waals surface area contributed by atoms with Crippen LogP contribution in [0.5, 0.6) is 5.75 Å². The van der Waals surface area contributed by atoms with Gasteiger partial charge in [0.2, 0.25) is 5.71 Å². The van der Waals surface area contributed by atoms with E-state index in [0.29, 0.717) is 16.8 Å². The number of hydrazone groups is 1. The van der Waals surface area contributed by atoms with Crippen LogP contribution >= 0.6 is 0 Å². The summed E-state index contributed by atoms with van der Waals surface area (Å²) in [7, 11) is 0. The highest BCUT2D eigenvalue weighted by atomic mass is 19.4. The minimum absolute atomic E-state index is 0.288. The van der Waals surface area contributed by atoms with Crippen LogP contribution in [0.15, 0.2) is 53.6 Å². The first kappa shape index (κ1) is 17.8. The molecule has 0 unspecified atom stereocenters. The fraction of sp³-hybridized carbons (Fsp3) is 0.0625. The number of halogens is 3. The van der Waals surface area contributed by atoms with Crippen LogP contribution in [0.2, 0.25) is 0 Å². The average Bonchev–Trinajstić information content (AvgIpc) is 2.55. The molecule has 0 saturated carbocycles. The number of nitrogens with one attached hydrogen (secondary N) is 2. The molecule has 0 bridgehead atoms. The van der Waals surface area contributed by atoms with E-state index in [9.17, 15) is 13.2 Å². The number of anilines is 1. The zero-order valence-corrected chi connectivity index (χ0v) is 12.6. The van der Waals surface area contributed by atoms with Crippen molar-refractivity contribution >= 4 is 17.2 Å². The first-order valence-corrected chi connectivity index (χ1v) is 6.83. The maximum Gasteiger partial charge on any atom is 0.573 e. The number of nitrogens with zero attached hydrogens (tertiary/aromatic N) is 2. The molecular formula is C16H12F3N5O. The van der Waals surface area contributed by atoms with E-state index < -0.39 is 12.2 Å². The molecule has 9 heteroatoms. The molecule has 6 nitrogen and oxygen atoms in total. The minimum Gasteiger partial charge on any atom is -0.406 e. The van der Waals surface area contributed by atoms with Crippen molar-refractivity contribution < 1.29 is 17.9 Å². The van der Waals surface area contributed by atoms with Crippen molar-refractivity contribution in [2.45, 2.75) is 6.36 Å². The minimum atomic E-state index is -4.75. The SMILES string of the molecule is N#C/C(=N\Nc1ccccc1-c1ccc(OC(F)(F)F)cc1)C(=N)N. The largest absolute Gasteiger partial charge is 0.573 e. The maximum atomic E-state index is 12.2. The third kappa shape index (κ3) is 4.97. The summed E-state index contributed by atoms with van der Waals surface area (Å²) in [5.74, 6) is -0.816. The van der Waals surface area contributed by atoms with Gasteiger partial charge in [0.1, 0.15) is 11.8 Å². The highest BCUT2D eigenvalue weighted by Crippen LogP contribution is 2.30. The van der Waals surface area contributed by atoms with Gasteiger partial charge in [-0.25, -0.2) is 0 Å². The molecule has 0 atom stereocenters. The molecule has 0 radical (unpaired) electrons. The van der Waals surface area contributed by atoms with Gasteiger partial charge in [0.15, 0.2) is 5.84 Å². The molecule has 0 fully saturated rings. The first-order chi connectivity index (χ1) is 11.8. The van der Waals surface area contributed by atoms with Gasteiger partial charge in [0, 0.05) is 5.56 Å². The van der Waals surface area contributed by atoms with Gasteiger partial charge in [0.05, 0.1) is 5.69 Å². The quantitative estimate of drug-likeness (QED) is 0.437. The maximum absolute atomic E-state index is 12.2. The molecule has 0 aliphatic carbocycles. The van der Waals surface area contributed by atoms with E-state index in [2.05, 4.69) is 15.3 Å². The molecule has 0 aliphatic rings. The summed E-state index contributed by atoms with van der Waals surface area (Å²) in [5, 5.41) is 19.8. The Bertz CT molecular complexity index is 838.